The van der Waals surface area contributed by atoms with E-state index in [0.29, 0.717) is 18.8 Å². The number of anilines is 2. The number of nitrogens with zero attached hydrogens (tertiary/aromatic N) is 1. The summed E-state index contributed by atoms with van der Waals surface area (Å²) in [5.41, 5.74) is 1.90. The average Bonchev–Trinajstić information content (AvgIpc) is 2.60. The molecule has 2 rings (SSSR count). The van der Waals surface area contributed by atoms with Crippen LogP contribution in [0, 0.1) is 5.92 Å². The molecule has 6 heteroatoms. The van der Waals surface area contributed by atoms with Crippen molar-refractivity contribution in [1.82, 2.24) is 5.32 Å². The van der Waals surface area contributed by atoms with Crippen molar-refractivity contribution in [1.29, 1.82) is 0 Å². The van der Waals surface area contributed by atoms with Crippen LogP contribution in [0.15, 0.2) is 24.3 Å². The van der Waals surface area contributed by atoms with Gasteiger partial charge < -0.3 is 20.3 Å². The normalized spacial score (nSPS) is 15.0. The molecule has 1 aromatic carbocycles. The summed E-state index contributed by atoms with van der Waals surface area (Å²) in [5.74, 6) is 0.229. The van der Waals surface area contributed by atoms with Crippen LogP contribution in [-0.4, -0.2) is 45.2 Å². The Morgan fingerprint density at radius 1 is 1.16 bits per heavy atom. The second kappa shape index (κ2) is 10.0. The zero-order chi connectivity index (χ0) is 18.1. The summed E-state index contributed by atoms with van der Waals surface area (Å²) in [7, 11) is 1.62. The van der Waals surface area contributed by atoms with E-state index in [1.165, 1.54) is 18.5 Å². The van der Waals surface area contributed by atoms with E-state index in [9.17, 15) is 9.59 Å². The largest absolute Gasteiger partial charge is 0.385 e. The van der Waals surface area contributed by atoms with E-state index in [0.717, 1.165) is 25.4 Å². The lowest BCUT2D eigenvalue weighted by molar-refractivity contribution is -0.126. The van der Waals surface area contributed by atoms with Gasteiger partial charge in [0.15, 0.2) is 0 Å². The summed E-state index contributed by atoms with van der Waals surface area (Å²) in [6.07, 6.45) is 3.01. The van der Waals surface area contributed by atoms with Crippen LogP contribution in [0.3, 0.4) is 0 Å². The number of hydrogen-bond acceptors (Lipinski definition) is 4. The van der Waals surface area contributed by atoms with Gasteiger partial charge in [-0.25, -0.2) is 0 Å². The smallest absolute Gasteiger partial charge is 0.233 e. The molecular formula is C19H29N3O3. The van der Waals surface area contributed by atoms with Crippen molar-refractivity contribution in [3.63, 3.8) is 0 Å². The third-order valence-corrected chi connectivity index (χ3v) is 4.47. The van der Waals surface area contributed by atoms with Gasteiger partial charge in [0.25, 0.3) is 0 Å². The number of benzene rings is 1. The van der Waals surface area contributed by atoms with E-state index in [1.807, 2.05) is 24.3 Å². The van der Waals surface area contributed by atoms with E-state index in [2.05, 4.69) is 22.5 Å². The van der Waals surface area contributed by atoms with E-state index < -0.39 is 0 Å². The Labute approximate surface area is 149 Å². The van der Waals surface area contributed by atoms with Gasteiger partial charge in [-0.05, 0) is 49.4 Å². The molecule has 0 aliphatic carbocycles. The molecule has 1 aromatic rings. The van der Waals surface area contributed by atoms with Gasteiger partial charge in [0, 0.05) is 44.7 Å². The molecule has 1 fully saturated rings. The fraction of sp³-hybridized carbons (Fsp3) is 0.579. The van der Waals surface area contributed by atoms with Crippen molar-refractivity contribution in [2.45, 2.75) is 32.6 Å². The fourth-order valence-corrected chi connectivity index (χ4v) is 2.88. The van der Waals surface area contributed by atoms with Crippen molar-refractivity contribution in [2.75, 3.05) is 43.6 Å². The molecule has 1 aliphatic rings. The van der Waals surface area contributed by atoms with Crippen LogP contribution in [0.5, 0.6) is 0 Å². The first kappa shape index (κ1) is 19.2. The Bertz CT molecular complexity index is 552. The van der Waals surface area contributed by atoms with Crippen molar-refractivity contribution in [3.05, 3.63) is 24.3 Å². The van der Waals surface area contributed by atoms with Crippen molar-refractivity contribution >= 4 is 23.2 Å². The van der Waals surface area contributed by atoms with Crippen LogP contribution >= 0.6 is 0 Å². The van der Waals surface area contributed by atoms with Crippen LogP contribution in [-0.2, 0) is 14.3 Å². The molecule has 1 aliphatic heterocycles. The maximum absolute atomic E-state index is 11.9. The maximum atomic E-state index is 11.9. The van der Waals surface area contributed by atoms with Crippen LogP contribution in [0.1, 0.15) is 32.6 Å². The number of methoxy groups -OCH3 is 1. The summed E-state index contributed by atoms with van der Waals surface area (Å²) >= 11 is 0. The molecule has 0 atom stereocenters. The number of amides is 2. The average molecular weight is 347 g/mol. The third-order valence-electron chi connectivity index (χ3n) is 4.47. The number of rotatable bonds is 8. The Hall–Kier alpha value is -2.08. The van der Waals surface area contributed by atoms with Crippen molar-refractivity contribution in [2.24, 2.45) is 5.92 Å². The highest BCUT2D eigenvalue weighted by atomic mass is 16.5. The van der Waals surface area contributed by atoms with Crippen LogP contribution in [0.25, 0.3) is 0 Å². The number of nitrogens with one attached hydrogen (secondary N) is 2. The Morgan fingerprint density at radius 3 is 2.48 bits per heavy atom. The monoisotopic (exact) mass is 347 g/mol. The molecule has 6 nitrogen and oxygen atoms in total. The topological polar surface area (TPSA) is 70.7 Å². The lowest BCUT2D eigenvalue weighted by Crippen LogP contribution is -2.32. The molecule has 0 aromatic heterocycles. The Balaban J connectivity index is 1.74. The molecule has 25 heavy (non-hydrogen) atoms. The van der Waals surface area contributed by atoms with Gasteiger partial charge in [-0.15, -0.1) is 0 Å². The highest BCUT2D eigenvalue weighted by Gasteiger charge is 2.16. The minimum Gasteiger partial charge on any atom is -0.385 e. The zero-order valence-corrected chi connectivity index (χ0v) is 15.2. The number of hydrogen-bond donors (Lipinski definition) is 2. The molecule has 0 saturated carbocycles. The molecule has 0 spiro atoms. The summed E-state index contributed by atoms with van der Waals surface area (Å²) in [5, 5.41) is 5.47. The molecule has 138 valence electrons. The zero-order valence-electron chi connectivity index (χ0n) is 15.2. The van der Waals surface area contributed by atoms with E-state index in [4.69, 9.17) is 4.74 Å². The van der Waals surface area contributed by atoms with Crippen molar-refractivity contribution < 1.29 is 14.3 Å². The highest BCUT2D eigenvalue weighted by molar-refractivity contribution is 6.03. The van der Waals surface area contributed by atoms with Crippen LogP contribution in [0.4, 0.5) is 11.4 Å². The van der Waals surface area contributed by atoms with Crippen LogP contribution < -0.4 is 15.5 Å². The summed E-state index contributed by atoms with van der Waals surface area (Å²) in [6.45, 7) is 5.56. The van der Waals surface area contributed by atoms with Gasteiger partial charge in [-0.2, -0.15) is 0 Å². The number of piperidine rings is 1. The summed E-state index contributed by atoms with van der Waals surface area (Å²) in [6, 6.07) is 7.83. The summed E-state index contributed by atoms with van der Waals surface area (Å²) < 4.78 is 4.91. The molecule has 0 radical (unpaired) electrons. The second-order valence-corrected chi connectivity index (χ2v) is 6.64. The molecule has 0 unspecified atom stereocenters. The molecular weight excluding hydrogens is 318 g/mol. The minimum atomic E-state index is -0.302. The molecule has 1 heterocycles. The predicted molar refractivity (Wildman–Crippen MR) is 99.8 cm³/mol. The van der Waals surface area contributed by atoms with E-state index in [1.54, 1.807) is 7.11 Å². The second-order valence-electron chi connectivity index (χ2n) is 6.64. The van der Waals surface area contributed by atoms with Gasteiger partial charge in [-0.3, -0.25) is 9.59 Å². The standard InChI is InChI=1S/C19H29N3O3/c1-15-8-11-22(12-9-15)17-6-4-16(5-7-17)21-19(24)14-18(23)20-10-3-13-25-2/h4-7,15H,3,8-14H2,1-2H3,(H,20,23)(H,21,24). The molecule has 2 amide bonds. The molecule has 0 bridgehead atoms. The molecule has 1 saturated heterocycles. The molecule has 2 N–H and O–H groups in total. The van der Waals surface area contributed by atoms with Gasteiger partial charge in [0.2, 0.25) is 11.8 Å². The predicted octanol–water partition coefficient (Wildman–Crippen LogP) is 2.40. The summed E-state index contributed by atoms with van der Waals surface area (Å²) in [4.78, 5) is 26.0. The Morgan fingerprint density at radius 2 is 1.84 bits per heavy atom. The number of carbonyl (C=O) groups excluding carboxylic acids is 2. The maximum Gasteiger partial charge on any atom is 0.233 e. The quantitative estimate of drug-likeness (QED) is 0.560. The van der Waals surface area contributed by atoms with Crippen molar-refractivity contribution in [3.8, 4) is 0 Å². The third kappa shape index (κ3) is 6.74. The van der Waals surface area contributed by atoms with Crippen LogP contribution in [0.2, 0.25) is 0 Å². The van der Waals surface area contributed by atoms with E-state index >= 15 is 0 Å². The number of ether oxygens (including phenoxy) is 1. The Kier molecular flexibility index (Phi) is 7.73. The SMILES string of the molecule is COCCCNC(=O)CC(=O)Nc1ccc(N2CCC(C)CC2)cc1. The van der Waals surface area contributed by atoms with Gasteiger partial charge in [0.1, 0.15) is 6.42 Å². The minimum absolute atomic E-state index is 0.168. The van der Waals surface area contributed by atoms with Gasteiger partial charge in [-0.1, -0.05) is 6.92 Å². The fourth-order valence-electron chi connectivity index (χ4n) is 2.88. The van der Waals surface area contributed by atoms with Gasteiger partial charge >= 0.3 is 0 Å². The first-order valence-corrected chi connectivity index (χ1v) is 8.99. The van der Waals surface area contributed by atoms with Gasteiger partial charge in [0.05, 0.1) is 0 Å². The highest BCUT2D eigenvalue weighted by Crippen LogP contribution is 2.24. The first-order chi connectivity index (χ1) is 12.1. The number of carbonyl (C=O) groups is 2. The van der Waals surface area contributed by atoms with E-state index in [-0.39, 0.29) is 18.2 Å². The first-order valence-electron chi connectivity index (χ1n) is 8.99. The lowest BCUT2D eigenvalue weighted by Gasteiger charge is -2.32. The lowest BCUT2D eigenvalue weighted by atomic mass is 9.99.